The highest BCUT2D eigenvalue weighted by atomic mass is 19.1. The molecule has 0 saturated carbocycles. The summed E-state index contributed by atoms with van der Waals surface area (Å²) in [6.07, 6.45) is 0.977. The Morgan fingerprint density at radius 2 is 1.65 bits per heavy atom. The van der Waals surface area contributed by atoms with Crippen LogP contribution in [0.2, 0.25) is 0 Å². The lowest BCUT2D eigenvalue weighted by atomic mass is 9.92. The van der Waals surface area contributed by atoms with Crippen molar-refractivity contribution >= 4 is 17.5 Å². The fourth-order valence-corrected chi connectivity index (χ4v) is 4.43. The third kappa shape index (κ3) is 4.35. The Labute approximate surface area is 209 Å². The highest BCUT2D eigenvalue weighted by Crippen LogP contribution is 2.37. The predicted molar refractivity (Wildman–Crippen MR) is 129 cm³/mol. The van der Waals surface area contributed by atoms with Crippen LogP contribution in [0.1, 0.15) is 27.2 Å². The van der Waals surface area contributed by atoms with Gasteiger partial charge < -0.3 is 15.2 Å². The number of nitrogens with zero attached hydrogens (tertiary/aromatic N) is 2. The van der Waals surface area contributed by atoms with Gasteiger partial charge in [0.1, 0.15) is 29.1 Å². The molecule has 0 fully saturated rings. The first kappa shape index (κ1) is 24.2. The van der Waals surface area contributed by atoms with Gasteiger partial charge in [0.2, 0.25) is 5.91 Å². The number of carbonyl (C=O) groups excluding carboxylic acids is 2. The van der Waals surface area contributed by atoms with E-state index in [4.69, 9.17) is 0 Å². The van der Waals surface area contributed by atoms with Gasteiger partial charge in [0.15, 0.2) is 0 Å². The van der Waals surface area contributed by atoms with Crippen LogP contribution < -0.4 is 10.2 Å². The maximum absolute atomic E-state index is 15.3. The number of amides is 2. The second-order valence-electron chi connectivity index (χ2n) is 8.75. The van der Waals surface area contributed by atoms with Crippen LogP contribution in [0, 0.1) is 30.2 Å². The largest absolute Gasteiger partial charge is 0.348 e. The van der Waals surface area contributed by atoms with E-state index >= 15 is 4.39 Å². The van der Waals surface area contributed by atoms with Crippen LogP contribution in [-0.2, 0) is 17.8 Å². The molecule has 1 aliphatic rings. The first-order valence-electron chi connectivity index (χ1n) is 11.3. The number of anilines is 1. The number of fused-ring (bicyclic) bond motifs is 1. The molecule has 3 aromatic carbocycles. The van der Waals surface area contributed by atoms with Crippen molar-refractivity contribution in [3.8, 4) is 22.5 Å². The summed E-state index contributed by atoms with van der Waals surface area (Å²) in [5.41, 5.74) is 2.77. The maximum atomic E-state index is 15.3. The molecule has 0 unspecified atom stereocenters. The summed E-state index contributed by atoms with van der Waals surface area (Å²) in [6, 6.07) is 8.50. The number of aromatic amines is 1. The van der Waals surface area contributed by atoms with E-state index in [1.807, 2.05) is 6.92 Å². The number of hydrogen-bond donors (Lipinski definition) is 2. The first-order chi connectivity index (χ1) is 17.6. The van der Waals surface area contributed by atoms with Crippen LogP contribution in [0.15, 0.2) is 48.7 Å². The summed E-state index contributed by atoms with van der Waals surface area (Å²) in [6.45, 7) is 2.06. The van der Waals surface area contributed by atoms with Crippen molar-refractivity contribution in [1.29, 1.82) is 0 Å². The molecule has 2 N–H and O–H groups in total. The quantitative estimate of drug-likeness (QED) is 0.370. The number of H-pyrrole nitrogens is 1. The van der Waals surface area contributed by atoms with E-state index in [2.05, 4.69) is 15.3 Å². The zero-order valence-electron chi connectivity index (χ0n) is 19.8. The molecule has 0 saturated heterocycles. The number of benzene rings is 3. The van der Waals surface area contributed by atoms with Crippen LogP contribution in [-0.4, -0.2) is 28.8 Å². The van der Waals surface area contributed by atoms with Crippen LogP contribution >= 0.6 is 0 Å². The van der Waals surface area contributed by atoms with Gasteiger partial charge in [-0.25, -0.2) is 22.5 Å². The van der Waals surface area contributed by atoms with Crippen molar-refractivity contribution in [2.24, 2.45) is 0 Å². The van der Waals surface area contributed by atoms with Crippen molar-refractivity contribution in [3.05, 3.63) is 94.3 Å². The second kappa shape index (κ2) is 9.20. The van der Waals surface area contributed by atoms with Crippen molar-refractivity contribution < 1.29 is 27.2 Å². The number of aromatic nitrogens is 2. The molecule has 2 amide bonds. The molecule has 0 spiro atoms. The molecule has 1 aliphatic heterocycles. The van der Waals surface area contributed by atoms with Crippen molar-refractivity contribution in [1.82, 2.24) is 15.3 Å². The van der Waals surface area contributed by atoms with Gasteiger partial charge in [-0.05, 0) is 42.3 Å². The molecule has 37 heavy (non-hydrogen) atoms. The molecule has 0 aliphatic carbocycles. The van der Waals surface area contributed by atoms with Gasteiger partial charge in [-0.1, -0.05) is 6.07 Å². The first-order valence-corrected chi connectivity index (χ1v) is 11.3. The Morgan fingerprint density at radius 3 is 2.30 bits per heavy atom. The van der Waals surface area contributed by atoms with E-state index < -0.39 is 41.2 Å². The van der Waals surface area contributed by atoms with Crippen LogP contribution in [0.25, 0.3) is 22.5 Å². The summed E-state index contributed by atoms with van der Waals surface area (Å²) in [4.78, 5) is 33.7. The van der Waals surface area contributed by atoms with E-state index in [-0.39, 0.29) is 23.7 Å². The van der Waals surface area contributed by atoms with Gasteiger partial charge in [-0.2, -0.15) is 0 Å². The van der Waals surface area contributed by atoms with Gasteiger partial charge in [-0.15, -0.1) is 0 Å². The zero-order chi connectivity index (χ0) is 26.4. The summed E-state index contributed by atoms with van der Waals surface area (Å²) in [5.74, 6) is -4.57. The molecule has 4 aromatic rings. The number of likely N-dealkylation sites (N-methyl/N-ethyl adjacent to an activating group) is 1. The lowest BCUT2D eigenvalue weighted by molar-refractivity contribution is -0.117. The van der Waals surface area contributed by atoms with Crippen molar-refractivity contribution in [2.75, 3.05) is 11.9 Å². The number of imidazole rings is 1. The molecular formula is C27H20F4N4O2. The highest BCUT2D eigenvalue weighted by Gasteiger charge is 2.28. The Kier molecular flexibility index (Phi) is 6.02. The minimum atomic E-state index is -1.18. The average molecular weight is 508 g/mol. The Morgan fingerprint density at radius 1 is 0.973 bits per heavy atom. The molecule has 188 valence electrons. The van der Waals surface area contributed by atoms with E-state index in [0.29, 0.717) is 40.2 Å². The normalized spacial score (nSPS) is 12.4. The zero-order valence-corrected chi connectivity index (χ0v) is 19.8. The fraction of sp³-hybridized carbons (Fsp3) is 0.148. The minimum absolute atomic E-state index is 0.155. The summed E-state index contributed by atoms with van der Waals surface area (Å²) in [5, 5.41) is 2.77. The van der Waals surface area contributed by atoms with Crippen molar-refractivity contribution in [2.45, 2.75) is 19.9 Å². The number of aryl methyl sites for hydroxylation is 1. The van der Waals surface area contributed by atoms with Crippen LogP contribution in [0.4, 0.5) is 23.2 Å². The lowest BCUT2D eigenvalue weighted by Gasteiger charge is -2.19. The smallest absolute Gasteiger partial charge is 0.252 e. The molecule has 0 radical (unpaired) electrons. The Balaban J connectivity index is 1.45. The second-order valence-corrected chi connectivity index (χ2v) is 8.75. The molecule has 2 heterocycles. The lowest BCUT2D eigenvalue weighted by Crippen LogP contribution is -2.28. The van der Waals surface area contributed by atoms with E-state index in [9.17, 15) is 22.8 Å². The Bertz CT molecular complexity index is 1560. The van der Waals surface area contributed by atoms with Crippen LogP contribution in [0.5, 0.6) is 0 Å². The van der Waals surface area contributed by atoms with Crippen LogP contribution in [0.3, 0.4) is 0 Å². The molecule has 1 aromatic heterocycles. The topological polar surface area (TPSA) is 78.1 Å². The average Bonchev–Trinajstić information content (AvgIpc) is 3.46. The van der Waals surface area contributed by atoms with Gasteiger partial charge in [0.25, 0.3) is 5.91 Å². The number of halogens is 4. The third-order valence-electron chi connectivity index (χ3n) is 6.36. The SMILES string of the molecule is Cc1cnc(-c2ccc(-c3ccc(N(C)C(=O)Cc4c(F)cc(F)cc4F)cc3F)c3c2C(=O)NC3)[nH]1. The Hall–Kier alpha value is -4.47. The molecule has 0 bridgehead atoms. The van der Waals surface area contributed by atoms with Gasteiger partial charge in [0.05, 0.1) is 12.0 Å². The van der Waals surface area contributed by atoms with Crippen molar-refractivity contribution in [3.63, 3.8) is 0 Å². The minimum Gasteiger partial charge on any atom is -0.348 e. The summed E-state index contributed by atoms with van der Waals surface area (Å²) in [7, 11) is 1.34. The number of nitrogens with one attached hydrogen (secondary N) is 2. The van der Waals surface area contributed by atoms with Gasteiger partial charge in [-0.3, -0.25) is 9.59 Å². The molecule has 0 atom stereocenters. The molecule has 10 heteroatoms. The third-order valence-corrected chi connectivity index (χ3v) is 6.36. The standard InChI is InChI=1S/C27H20F4N4O2/c1-13-11-32-26(34-13)18-6-5-16(20-12-33-27(37)25(18)20)17-4-3-15(9-23(17)31)35(2)24(36)10-19-21(29)7-14(28)8-22(19)30/h3-9,11H,10,12H2,1-2H3,(H,32,34)(H,33,37). The molecule has 5 rings (SSSR count). The molecule has 6 nitrogen and oxygen atoms in total. The monoisotopic (exact) mass is 508 g/mol. The fourth-order valence-electron chi connectivity index (χ4n) is 4.43. The number of rotatable bonds is 5. The summed E-state index contributed by atoms with van der Waals surface area (Å²) < 4.78 is 56.4. The molecular weight excluding hydrogens is 488 g/mol. The number of hydrogen-bond acceptors (Lipinski definition) is 3. The summed E-state index contributed by atoms with van der Waals surface area (Å²) >= 11 is 0. The highest BCUT2D eigenvalue weighted by molar-refractivity contribution is 6.06. The maximum Gasteiger partial charge on any atom is 0.252 e. The van der Waals surface area contributed by atoms with E-state index in [1.54, 1.807) is 18.3 Å². The van der Waals surface area contributed by atoms with E-state index in [1.165, 1.54) is 19.2 Å². The van der Waals surface area contributed by atoms with Gasteiger partial charge >= 0.3 is 0 Å². The predicted octanol–water partition coefficient (Wildman–Crippen LogP) is 5.06. The van der Waals surface area contributed by atoms with Gasteiger partial charge in [0, 0.05) is 60.0 Å². The number of carbonyl (C=O) groups is 2. The van der Waals surface area contributed by atoms with E-state index in [0.717, 1.165) is 16.7 Å².